The topological polar surface area (TPSA) is 201 Å². The van der Waals surface area contributed by atoms with E-state index >= 15 is 0 Å². The van der Waals surface area contributed by atoms with E-state index in [0.29, 0.717) is 0 Å². The lowest BCUT2D eigenvalue weighted by atomic mass is 10.1. The van der Waals surface area contributed by atoms with Crippen LogP contribution in [0.4, 0.5) is 5.95 Å². The highest BCUT2D eigenvalue weighted by Crippen LogP contribution is 2.27. The van der Waals surface area contributed by atoms with E-state index in [1.807, 2.05) is 0 Å². The largest absolute Gasteiger partial charge is 0.479 e. The van der Waals surface area contributed by atoms with Gasteiger partial charge in [0.25, 0.3) is 0 Å². The molecule has 0 saturated carbocycles. The molecule has 1 aromatic rings. The van der Waals surface area contributed by atoms with Crippen LogP contribution in [0.15, 0.2) is 11.1 Å². The second-order valence-corrected chi connectivity index (χ2v) is 4.65. The average Bonchev–Trinajstić information content (AvgIpc) is 2.76. The number of hydrogen-bond acceptors (Lipinski definition) is 10. The average molecular weight is 334 g/mol. The highest BCUT2D eigenvalue weighted by atomic mass is 16.6. The van der Waals surface area contributed by atoms with E-state index in [1.165, 1.54) is 6.92 Å². The number of aliphatic hydroxyl groups excluding tert-OH is 4. The van der Waals surface area contributed by atoms with E-state index in [9.17, 15) is 19.8 Å². The Kier molecular flexibility index (Phi) is 6.53. The molecule has 0 radical (unpaired) electrons. The van der Waals surface area contributed by atoms with Crippen molar-refractivity contribution in [2.24, 2.45) is 0 Å². The molecule has 1 saturated heterocycles. The third-order valence-electron chi connectivity index (χ3n) is 2.89. The molecule has 130 valence electrons. The quantitative estimate of drug-likeness (QED) is 0.317. The molecule has 1 fully saturated rings. The summed E-state index contributed by atoms with van der Waals surface area (Å²) in [4.78, 5) is 27.9. The maximum absolute atomic E-state index is 11.5. The van der Waals surface area contributed by atoms with Crippen molar-refractivity contribution in [2.45, 2.75) is 37.6 Å². The van der Waals surface area contributed by atoms with E-state index in [4.69, 9.17) is 25.8 Å². The molecule has 2 heterocycles. The number of carboxylic acid groups (broad SMARTS) is 1. The molecule has 12 heteroatoms. The lowest BCUT2D eigenvalue weighted by molar-refractivity contribution is -0.145. The second-order valence-electron chi connectivity index (χ2n) is 4.65. The Hall–Kier alpha value is -2.12. The summed E-state index contributed by atoms with van der Waals surface area (Å²) in [6.07, 6.45) is -4.91. The number of nitrogens with two attached hydrogens (primary N) is 1. The van der Waals surface area contributed by atoms with Crippen LogP contribution in [0.5, 0.6) is 0 Å². The zero-order valence-corrected chi connectivity index (χ0v) is 12.1. The van der Waals surface area contributed by atoms with Crippen LogP contribution in [0, 0.1) is 0 Å². The number of nitrogen functional groups attached to an aromatic ring is 1. The lowest BCUT2D eigenvalue weighted by Gasteiger charge is -2.16. The van der Waals surface area contributed by atoms with Crippen LogP contribution in [-0.4, -0.2) is 77.1 Å². The first kappa shape index (κ1) is 18.9. The molecule has 5 atom stereocenters. The Labute approximate surface area is 129 Å². The number of hydrogen-bond donors (Lipinski definition) is 6. The summed E-state index contributed by atoms with van der Waals surface area (Å²) < 4.78 is 6.04. The van der Waals surface area contributed by atoms with Crippen LogP contribution >= 0.6 is 0 Å². The third-order valence-corrected chi connectivity index (χ3v) is 2.89. The second kappa shape index (κ2) is 7.94. The van der Waals surface area contributed by atoms with Crippen LogP contribution < -0.4 is 11.4 Å². The molecule has 1 aliphatic rings. The van der Waals surface area contributed by atoms with Gasteiger partial charge in [0.2, 0.25) is 5.95 Å². The molecular formula is C11H18N4O8. The fourth-order valence-electron chi connectivity index (χ4n) is 1.64. The summed E-state index contributed by atoms with van der Waals surface area (Å²) in [6.45, 7) is 0.724. The van der Waals surface area contributed by atoms with Crippen molar-refractivity contribution in [3.8, 4) is 0 Å². The van der Waals surface area contributed by atoms with Gasteiger partial charge < -0.3 is 36.0 Å². The number of anilines is 1. The predicted molar refractivity (Wildman–Crippen MR) is 73.0 cm³/mol. The summed E-state index contributed by atoms with van der Waals surface area (Å²) >= 11 is 0. The highest BCUT2D eigenvalue weighted by molar-refractivity contribution is 5.71. The number of carbonyl (C=O) groups is 1. The molecule has 0 bridgehead atoms. The first-order chi connectivity index (χ1) is 10.7. The summed E-state index contributed by atoms with van der Waals surface area (Å²) in [5, 5.41) is 43.9. The molecule has 0 spiro atoms. The number of aliphatic hydroxyl groups is 4. The van der Waals surface area contributed by atoms with E-state index in [2.05, 4.69) is 9.97 Å². The zero-order chi connectivity index (χ0) is 17.7. The van der Waals surface area contributed by atoms with Crippen molar-refractivity contribution >= 4 is 11.9 Å². The Morgan fingerprint density at radius 1 is 1.48 bits per heavy atom. The molecule has 1 aromatic heterocycles. The highest BCUT2D eigenvalue weighted by Gasteiger charge is 2.43. The van der Waals surface area contributed by atoms with Gasteiger partial charge in [0.05, 0.1) is 6.61 Å². The number of rotatable bonds is 3. The van der Waals surface area contributed by atoms with Gasteiger partial charge in [-0.05, 0) is 6.92 Å². The molecule has 0 amide bonds. The molecule has 12 nitrogen and oxygen atoms in total. The fraction of sp³-hybridized carbons (Fsp3) is 0.636. The van der Waals surface area contributed by atoms with Crippen molar-refractivity contribution in [1.82, 2.24) is 14.5 Å². The molecule has 0 unspecified atom stereocenters. The normalized spacial score (nSPS) is 27.9. The van der Waals surface area contributed by atoms with Crippen LogP contribution in [-0.2, 0) is 9.53 Å². The Balaban J connectivity index is 0.000000379. The van der Waals surface area contributed by atoms with E-state index in [1.54, 1.807) is 0 Å². The van der Waals surface area contributed by atoms with Crippen LogP contribution in [0.25, 0.3) is 0 Å². The maximum Gasteiger partial charge on any atom is 0.354 e. The van der Waals surface area contributed by atoms with Gasteiger partial charge in [-0.3, -0.25) is 4.57 Å². The minimum absolute atomic E-state index is 0.196. The third kappa shape index (κ3) is 4.67. The van der Waals surface area contributed by atoms with Crippen LogP contribution in [0.1, 0.15) is 13.2 Å². The Morgan fingerprint density at radius 3 is 2.43 bits per heavy atom. The first-order valence-corrected chi connectivity index (χ1v) is 6.43. The van der Waals surface area contributed by atoms with Gasteiger partial charge in [-0.15, -0.1) is 0 Å². The van der Waals surface area contributed by atoms with Crippen LogP contribution in [0.2, 0.25) is 0 Å². The minimum atomic E-state index is -1.35. The Bertz CT molecular complexity index is 592. The van der Waals surface area contributed by atoms with Crippen molar-refractivity contribution < 1.29 is 35.1 Å². The van der Waals surface area contributed by atoms with Gasteiger partial charge in [-0.2, -0.15) is 4.98 Å². The number of aromatic nitrogens is 3. The van der Waals surface area contributed by atoms with Crippen molar-refractivity contribution in [3.63, 3.8) is 0 Å². The molecule has 1 aliphatic heterocycles. The first-order valence-electron chi connectivity index (χ1n) is 6.43. The summed E-state index contributed by atoms with van der Waals surface area (Å²) in [7, 11) is 0. The SMILES string of the molecule is C[C@H](O)C(=O)O.Nc1ncn([C@@H]2O[C@H](CO)[C@@H](O)[C@H]2O)c(=O)n1. The monoisotopic (exact) mass is 334 g/mol. The van der Waals surface area contributed by atoms with Gasteiger partial charge in [0, 0.05) is 0 Å². The minimum Gasteiger partial charge on any atom is -0.479 e. The van der Waals surface area contributed by atoms with E-state index < -0.39 is 48.9 Å². The number of carboxylic acids is 1. The summed E-state index contributed by atoms with van der Waals surface area (Å²) in [6, 6.07) is 0. The molecule has 2 rings (SSSR count). The Morgan fingerprint density at radius 2 is 2.04 bits per heavy atom. The van der Waals surface area contributed by atoms with E-state index in [0.717, 1.165) is 10.9 Å². The van der Waals surface area contributed by atoms with Gasteiger partial charge in [-0.1, -0.05) is 0 Å². The number of nitrogens with zero attached hydrogens (tertiary/aromatic N) is 3. The number of ether oxygens (including phenoxy) is 1. The van der Waals surface area contributed by atoms with Gasteiger partial charge >= 0.3 is 11.7 Å². The fourth-order valence-corrected chi connectivity index (χ4v) is 1.64. The van der Waals surface area contributed by atoms with Crippen LogP contribution in [0.3, 0.4) is 0 Å². The zero-order valence-electron chi connectivity index (χ0n) is 12.1. The molecular weight excluding hydrogens is 316 g/mol. The molecule has 23 heavy (non-hydrogen) atoms. The molecule has 0 aliphatic carbocycles. The maximum atomic E-state index is 11.5. The van der Waals surface area contributed by atoms with E-state index in [-0.39, 0.29) is 5.95 Å². The van der Waals surface area contributed by atoms with Crippen molar-refractivity contribution in [1.29, 1.82) is 0 Å². The molecule has 0 aromatic carbocycles. The smallest absolute Gasteiger partial charge is 0.354 e. The van der Waals surface area contributed by atoms with Gasteiger partial charge in [0.15, 0.2) is 6.23 Å². The van der Waals surface area contributed by atoms with Gasteiger partial charge in [0.1, 0.15) is 30.7 Å². The van der Waals surface area contributed by atoms with Gasteiger partial charge in [-0.25, -0.2) is 14.6 Å². The standard InChI is InChI=1S/C8H12N4O5.C3H6O3/c9-7-10-2-12(8(16)11-7)6-5(15)4(14)3(1-13)17-6;1-2(4)3(5)6/h2-6,13-15H,1H2,(H2,9,11,16);2,4H,1H3,(H,5,6)/t3-,4-,5-,6-;2-/m10/s1. The van der Waals surface area contributed by atoms with Crippen molar-refractivity contribution in [3.05, 3.63) is 16.8 Å². The number of aliphatic carboxylic acids is 1. The summed E-state index contributed by atoms with van der Waals surface area (Å²) in [5.74, 6) is -1.38. The molecule has 7 N–H and O–H groups in total. The predicted octanol–water partition coefficient (Wildman–Crippen LogP) is -3.72. The lowest BCUT2D eigenvalue weighted by Crippen LogP contribution is -2.36. The summed E-state index contributed by atoms with van der Waals surface area (Å²) in [5.41, 5.74) is 4.46. The van der Waals surface area contributed by atoms with Crippen molar-refractivity contribution in [2.75, 3.05) is 12.3 Å².